The Morgan fingerprint density at radius 1 is 1.50 bits per heavy atom. The van der Waals surface area contributed by atoms with Gasteiger partial charge in [0.15, 0.2) is 15.5 Å². The summed E-state index contributed by atoms with van der Waals surface area (Å²) in [4.78, 5) is 18.6. The summed E-state index contributed by atoms with van der Waals surface area (Å²) in [6.07, 6.45) is 0.508. The second-order valence-electron chi connectivity index (χ2n) is 4.24. The second kappa shape index (κ2) is 4.52. The molecule has 0 spiro atoms. The van der Waals surface area contributed by atoms with E-state index in [2.05, 4.69) is 15.3 Å². The van der Waals surface area contributed by atoms with Gasteiger partial charge in [0.05, 0.1) is 11.5 Å². The zero-order valence-electron chi connectivity index (χ0n) is 9.75. The maximum absolute atomic E-state index is 11.3. The van der Waals surface area contributed by atoms with Crippen molar-refractivity contribution < 1.29 is 18.3 Å². The Hall–Kier alpha value is -1.70. The predicted octanol–water partition coefficient (Wildman–Crippen LogP) is 0.0822. The van der Waals surface area contributed by atoms with Crippen LogP contribution in [0.5, 0.6) is 0 Å². The van der Waals surface area contributed by atoms with Gasteiger partial charge < -0.3 is 10.4 Å². The number of rotatable bonds is 3. The van der Waals surface area contributed by atoms with Gasteiger partial charge in [-0.05, 0) is 13.3 Å². The fourth-order valence-corrected chi connectivity index (χ4v) is 3.54. The number of sulfone groups is 1. The highest BCUT2D eigenvalue weighted by atomic mass is 32.2. The minimum atomic E-state index is -2.97. The molecular formula is C10H13N3O4S. The van der Waals surface area contributed by atoms with E-state index in [1.54, 1.807) is 6.92 Å². The van der Waals surface area contributed by atoms with Crippen molar-refractivity contribution in [3.05, 3.63) is 17.6 Å². The topological polar surface area (TPSA) is 109 Å². The minimum Gasteiger partial charge on any atom is -0.477 e. The molecule has 7 nitrogen and oxygen atoms in total. The Morgan fingerprint density at radius 3 is 2.78 bits per heavy atom. The summed E-state index contributed by atoms with van der Waals surface area (Å²) < 4.78 is 22.6. The van der Waals surface area contributed by atoms with Gasteiger partial charge in [-0.3, -0.25) is 0 Å². The van der Waals surface area contributed by atoms with Gasteiger partial charge >= 0.3 is 5.97 Å². The largest absolute Gasteiger partial charge is 0.477 e. The molecule has 18 heavy (non-hydrogen) atoms. The molecule has 1 fully saturated rings. The van der Waals surface area contributed by atoms with Crippen molar-refractivity contribution in [1.82, 2.24) is 9.97 Å². The number of hydrogen-bond acceptors (Lipinski definition) is 6. The summed E-state index contributed by atoms with van der Waals surface area (Å²) in [5.41, 5.74) is -0.106. The van der Waals surface area contributed by atoms with Crippen LogP contribution in [0.15, 0.2) is 6.07 Å². The second-order valence-corrected chi connectivity index (χ2v) is 6.46. The molecule has 98 valence electrons. The minimum absolute atomic E-state index is 0.0540. The van der Waals surface area contributed by atoms with Gasteiger partial charge in [-0.25, -0.2) is 23.2 Å². The van der Waals surface area contributed by atoms with Gasteiger partial charge in [0.25, 0.3) is 0 Å². The zero-order valence-corrected chi connectivity index (χ0v) is 10.6. The Bertz CT molecular complexity index is 585. The molecule has 1 atom stereocenters. The third-order valence-electron chi connectivity index (χ3n) is 2.64. The third kappa shape index (κ3) is 2.95. The molecule has 0 aliphatic carbocycles. The number of carbonyl (C=O) groups is 1. The third-order valence-corrected chi connectivity index (χ3v) is 4.41. The van der Waals surface area contributed by atoms with Crippen LogP contribution in [0.25, 0.3) is 0 Å². The van der Waals surface area contributed by atoms with E-state index in [1.165, 1.54) is 6.07 Å². The van der Waals surface area contributed by atoms with E-state index in [4.69, 9.17) is 5.11 Å². The Labute approximate surface area is 104 Å². The van der Waals surface area contributed by atoms with E-state index >= 15 is 0 Å². The van der Waals surface area contributed by atoms with Crippen molar-refractivity contribution in [3.63, 3.8) is 0 Å². The normalized spacial score (nSPS) is 21.7. The lowest BCUT2D eigenvalue weighted by atomic mass is 10.2. The first-order valence-corrected chi connectivity index (χ1v) is 7.24. The summed E-state index contributed by atoms with van der Waals surface area (Å²) in [5.74, 6) is -0.248. The molecule has 2 N–H and O–H groups in total. The number of hydrogen-bond donors (Lipinski definition) is 2. The molecule has 1 aliphatic heterocycles. The molecule has 2 heterocycles. The number of nitrogens with one attached hydrogen (secondary N) is 1. The first-order valence-electron chi connectivity index (χ1n) is 5.42. The molecule has 2 rings (SSSR count). The maximum Gasteiger partial charge on any atom is 0.354 e. The highest BCUT2D eigenvalue weighted by Gasteiger charge is 2.28. The van der Waals surface area contributed by atoms with Crippen LogP contribution in [0.1, 0.15) is 22.7 Å². The number of aromatic nitrogens is 2. The van der Waals surface area contributed by atoms with E-state index in [0.717, 1.165) is 0 Å². The summed E-state index contributed by atoms with van der Waals surface area (Å²) in [6, 6.07) is 1.09. The van der Waals surface area contributed by atoms with Crippen molar-refractivity contribution in [3.8, 4) is 0 Å². The Kier molecular flexibility index (Phi) is 3.20. The first kappa shape index (κ1) is 12.7. The quantitative estimate of drug-likeness (QED) is 0.801. The summed E-state index contributed by atoms with van der Waals surface area (Å²) in [5, 5.41) is 11.8. The average molecular weight is 271 g/mol. The molecule has 1 unspecified atom stereocenters. The number of carboxylic acid groups (broad SMARTS) is 1. The van der Waals surface area contributed by atoms with Crippen LogP contribution in [-0.4, -0.2) is 47.0 Å². The highest BCUT2D eigenvalue weighted by molar-refractivity contribution is 7.91. The van der Waals surface area contributed by atoms with Gasteiger partial charge in [-0.2, -0.15) is 0 Å². The summed E-state index contributed by atoms with van der Waals surface area (Å²) >= 11 is 0. The van der Waals surface area contributed by atoms with Crippen LogP contribution < -0.4 is 5.32 Å². The fourth-order valence-electron chi connectivity index (χ4n) is 1.87. The molecule has 1 aliphatic rings. The molecular weight excluding hydrogens is 258 g/mol. The summed E-state index contributed by atoms with van der Waals surface area (Å²) in [7, 11) is -2.97. The van der Waals surface area contributed by atoms with Crippen LogP contribution in [0, 0.1) is 6.92 Å². The van der Waals surface area contributed by atoms with Crippen LogP contribution >= 0.6 is 0 Å². The predicted molar refractivity (Wildman–Crippen MR) is 64.4 cm³/mol. The lowest BCUT2D eigenvalue weighted by Crippen LogP contribution is -2.22. The SMILES string of the molecule is Cc1nc(NC2CCS(=O)(=O)C2)cc(C(=O)O)n1. The first-order chi connectivity index (χ1) is 8.35. The van der Waals surface area contributed by atoms with Gasteiger partial charge in [0, 0.05) is 12.1 Å². The molecule has 0 radical (unpaired) electrons. The molecule has 0 saturated carbocycles. The van der Waals surface area contributed by atoms with Crippen LogP contribution in [-0.2, 0) is 9.84 Å². The molecule has 0 bridgehead atoms. The fraction of sp³-hybridized carbons (Fsp3) is 0.500. The average Bonchev–Trinajstić information content (AvgIpc) is 2.57. The van der Waals surface area contributed by atoms with Crippen LogP contribution in [0.4, 0.5) is 5.82 Å². The Balaban J connectivity index is 2.17. The van der Waals surface area contributed by atoms with E-state index in [1.807, 2.05) is 0 Å². The van der Waals surface area contributed by atoms with Gasteiger partial charge in [0.2, 0.25) is 0 Å². The van der Waals surface area contributed by atoms with Crippen molar-refractivity contribution in [2.45, 2.75) is 19.4 Å². The zero-order chi connectivity index (χ0) is 13.3. The maximum atomic E-state index is 11.3. The molecule has 0 amide bonds. The van der Waals surface area contributed by atoms with Crippen molar-refractivity contribution in [1.29, 1.82) is 0 Å². The lowest BCUT2D eigenvalue weighted by Gasteiger charge is -2.12. The number of aryl methyl sites for hydroxylation is 1. The van der Waals surface area contributed by atoms with Crippen LogP contribution in [0.3, 0.4) is 0 Å². The number of anilines is 1. The van der Waals surface area contributed by atoms with Crippen molar-refractivity contribution >= 4 is 21.6 Å². The van der Waals surface area contributed by atoms with E-state index in [-0.39, 0.29) is 23.2 Å². The standard InChI is InChI=1S/C10H13N3O4S/c1-6-11-8(10(14)15)4-9(12-6)13-7-2-3-18(16,17)5-7/h4,7H,2-3,5H2,1H3,(H,14,15)(H,11,12,13). The highest BCUT2D eigenvalue weighted by Crippen LogP contribution is 2.16. The van der Waals surface area contributed by atoms with Gasteiger partial charge in [0.1, 0.15) is 11.6 Å². The van der Waals surface area contributed by atoms with Gasteiger partial charge in [-0.15, -0.1) is 0 Å². The van der Waals surface area contributed by atoms with E-state index < -0.39 is 15.8 Å². The van der Waals surface area contributed by atoms with E-state index in [9.17, 15) is 13.2 Å². The monoisotopic (exact) mass is 271 g/mol. The van der Waals surface area contributed by atoms with Crippen LogP contribution in [0.2, 0.25) is 0 Å². The molecule has 1 saturated heterocycles. The molecule has 0 aromatic carbocycles. The van der Waals surface area contributed by atoms with Crippen molar-refractivity contribution in [2.75, 3.05) is 16.8 Å². The summed E-state index contributed by atoms with van der Waals surface area (Å²) in [6.45, 7) is 1.59. The molecule has 8 heteroatoms. The van der Waals surface area contributed by atoms with Crippen molar-refractivity contribution in [2.24, 2.45) is 0 Å². The molecule has 1 aromatic heterocycles. The molecule has 1 aromatic rings. The lowest BCUT2D eigenvalue weighted by molar-refractivity contribution is 0.0690. The smallest absolute Gasteiger partial charge is 0.354 e. The number of carboxylic acids is 1. The van der Waals surface area contributed by atoms with E-state index in [0.29, 0.717) is 18.1 Å². The number of aromatic carboxylic acids is 1. The van der Waals surface area contributed by atoms with Gasteiger partial charge in [-0.1, -0.05) is 0 Å². The number of nitrogens with zero attached hydrogens (tertiary/aromatic N) is 2. The Morgan fingerprint density at radius 2 is 2.22 bits per heavy atom.